The van der Waals surface area contributed by atoms with Gasteiger partial charge in [-0.2, -0.15) is 0 Å². The zero-order chi connectivity index (χ0) is 21.7. The van der Waals surface area contributed by atoms with Gasteiger partial charge in [0.2, 0.25) is 11.8 Å². The van der Waals surface area contributed by atoms with Crippen LogP contribution >= 0.6 is 0 Å². The summed E-state index contributed by atoms with van der Waals surface area (Å²) in [6.07, 6.45) is 7.76. The van der Waals surface area contributed by atoms with Crippen LogP contribution in [0.5, 0.6) is 0 Å². The fraction of sp³-hybridized carbons (Fsp3) is 0.640. The highest BCUT2D eigenvalue weighted by Crippen LogP contribution is 2.47. The molecule has 1 aromatic heterocycles. The smallest absolute Gasteiger partial charge is 0.229 e. The van der Waals surface area contributed by atoms with E-state index >= 15 is 0 Å². The monoisotopic (exact) mass is 436 g/mol. The number of nitrogens with zero attached hydrogens (tertiary/aromatic N) is 4. The van der Waals surface area contributed by atoms with Gasteiger partial charge in [-0.25, -0.2) is 0 Å². The Morgan fingerprint density at radius 3 is 2.59 bits per heavy atom. The van der Waals surface area contributed by atoms with Crippen molar-refractivity contribution >= 4 is 28.6 Å². The maximum Gasteiger partial charge on any atom is 0.229 e. The molecule has 4 aliphatic rings. The van der Waals surface area contributed by atoms with Crippen LogP contribution in [0.1, 0.15) is 51.4 Å². The molecule has 0 bridgehead atoms. The van der Waals surface area contributed by atoms with Crippen molar-refractivity contribution in [3.8, 4) is 0 Å². The van der Waals surface area contributed by atoms with Gasteiger partial charge in [-0.3, -0.25) is 19.4 Å². The average molecular weight is 437 g/mol. The number of fused-ring (bicyclic) bond motifs is 2. The van der Waals surface area contributed by atoms with E-state index in [0.29, 0.717) is 31.3 Å². The first-order valence-corrected chi connectivity index (χ1v) is 12.3. The Labute approximate surface area is 188 Å². The van der Waals surface area contributed by atoms with E-state index in [2.05, 4.69) is 21.0 Å². The highest BCUT2D eigenvalue weighted by atomic mass is 16.5. The van der Waals surface area contributed by atoms with Crippen molar-refractivity contribution in [2.24, 2.45) is 11.3 Å². The number of carbonyl (C=O) groups excluding carboxylic acids is 2. The number of imide groups is 1. The predicted molar refractivity (Wildman–Crippen MR) is 121 cm³/mol. The maximum atomic E-state index is 12.9. The number of hydrogen-bond donors (Lipinski definition) is 0. The number of piperidine rings is 2. The summed E-state index contributed by atoms with van der Waals surface area (Å²) in [5.41, 5.74) is 0.827. The molecule has 1 aliphatic carbocycles. The molecule has 2 amide bonds. The standard InChI is InChI=1S/C25H32N4O3/c30-22-13-25(9-3-4-10-25)14-23(31)29(22)16-18-7-8-19-17-28(12-11-27(19)15-18)24-20-5-1-2-6-21(20)32-26-24/h1-2,5-6,18-19H,3-4,7-17H2/t18-,19-/m0/s1. The summed E-state index contributed by atoms with van der Waals surface area (Å²) >= 11 is 0. The molecule has 2 aromatic rings. The molecule has 1 saturated carbocycles. The maximum absolute atomic E-state index is 12.9. The molecule has 2 atom stereocenters. The number of rotatable bonds is 3. The van der Waals surface area contributed by atoms with Crippen molar-refractivity contribution in [1.82, 2.24) is 15.0 Å². The Morgan fingerprint density at radius 1 is 1.00 bits per heavy atom. The van der Waals surface area contributed by atoms with Gasteiger partial charge in [0.15, 0.2) is 11.4 Å². The van der Waals surface area contributed by atoms with Crippen molar-refractivity contribution in [2.45, 2.75) is 57.4 Å². The van der Waals surface area contributed by atoms with Crippen molar-refractivity contribution in [2.75, 3.05) is 37.6 Å². The first-order valence-electron chi connectivity index (χ1n) is 12.3. The largest absolute Gasteiger partial charge is 0.354 e. The van der Waals surface area contributed by atoms with Crippen LogP contribution in [0.25, 0.3) is 11.0 Å². The minimum Gasteiger partial charge on any atom is -0.354 e. The van der Waals surface area contributed by atoms with E-state index in [0.717, 1.165) is 68.6 Å². The Hall–Kier alpha value is -2.41. The van der Waals surface area contributed by atoms with E-state index in [-0.39, 0.29) is 17.2 Å². The molecule has 7 nitrogen and oxygen atoms in total. The fourth-order valence-corrected chi connectivity index (χ4v) is 6.67. The van der Waals surface area contributed by atoms with E-state index < -0.39 is 0 Å². The summed E-state index contributed by atoms with van der Waals surface area (Å²) in [6, 6.07) is 8.53. The molecule has 6 rings (SSSR count). The Bertz CT molecular complexity index is 1010. The van der Waals surface area contributed by atoms with Crippen LogP contribution < -0.4 is 4.90 Å². The fourth-order valence-electron chi connectivity index (χ4n) is 6.67. The van der Waals surface area contributed by atoms with Gasteiger partial charge < -0.3 is 9.42 Å². The van der Waals surface area contributed by atoms with E-state index in [9.17, 15) is 9.59 Å². The Morgan fingerprint density at radius 2 is 1.78 bits per heavy atom. The third kappa shape index (κ3) is 3.51. The number of para-hydroxylation sites is 1. The van der Waals surface area contributed by atoms with Crippen molar-refractivity contribution < 1.29 is 14.1 Å². The number of likely N-dealkylation sites (tertiary alicyclic amines) is 1. The van der Waals surface area contributed by atoms with E-state index in [1.54, 1.807) is 4.90 Å². The van der Waals surface area contributed by atoms with E-state index in [1.807, 2.05) is 18.2 Å². The quantitative estimate of drug-likeness (QED) is 0.687. The van der Waals surface area contributed by atoms with Crippen LogP contribution in [0.2, 0.25) is 0 Å². The number of carbonyl (C=O) groups is 2. The van der Waals surface area contributed by atoms with Gasteiger partial charge in [0.25, 0.3) is 0 Å². The molecule has 4 heterocycles. The van der Waals surface area contributed by atoms with Crippen molar-refractivity contribution in [1.29, 1.82) is 0 Å². The first-order chi connectivity index (χ1) is 15.6. The molecule has 0 unspecified atom stereocenters. The van der Waals surface area contributed by atoms with Crippen LogP contribution in [-0.4, -0.2) is 65.5 Å². The van der Waals surface area contributed by atoms with Gasteiger partial charge >= 0.3 is 0 Å². The van der Waals surface area contributed by atoms with E-state index in [4.69, 9.17) is 4.52 Å². The summed E-state index contributed by atoms with van der Waals surface area (Å²) in [4.78, 5) is 32.3. The van der Waals surface area contributed by atoms with Gasteiger partial charge in [-0.05, 0) is 49.1 Å². The lowest BCUT2D eigenvalue weighted by molar-refractivity contribution is -0.154. The van der Waals surface area contributed by atoms with Crippen LogP contribution in [-0.2, 0) is 9.59 Å². The Balaban J connectivity index is 1.08. The molecule has 3 aliphatic heterocycles. The van der Waals surface area contributed by atoms with Gasteiger partial charge in [0.05, 0.1) is 5.39 Å². The lowest BCUT2D eigenvalue weighted by Gasteiger charge is -2.47. The molecule has 4 fully saturated rings. The van der Waals surface area contributed by atoms with Crippen LogP contribution in [0.3, 0.4) is 0 Å². The minimum atomic E-state index is -0.00997. The number of aromatic nitrogens is 1. The molecule has 3 saturated heterocycles. The molecule has 1 aromatic carbocycles. The normalized spacial score (nSPS) is 28.6. The average Bonchev–Trinajstić information content (AvgIpc) is 3.43. The van der Waals surface area contributed by atoms with Gasteiger partial charge in [-0.15, -0.1) is 0 Å². The predicted octanol–water partition coefficient (Wildman–Crippen LogP) is 3.44. The molecule has 170 valence electrons. The topological polar surface area (TPSA) is 69.9 Å². The Kier molecular flexibility index (Phi) is 4.97. The zero-order valence-corrected chi connectivity index (χ0v) is 18.7. The minimum absolute atomic E-state index is 0.00997. The second kappa shape index (κ2) is 7.87. The first kappa shape index (κ1) is 20.2. The lowest BCUT2D eigenvalue weighted by Crippen LogP contribution is -2.58. The number of benzene rings is 1. The highest BCUT2D eigenvalue weighted by Gasteiger charge is 2.46. The van der Waals surface area contributed by atoms with Gasteiger partial charge in [0.1, 0.15) is 0 Å². The zero-order valence-electron chi connectivity index (χ0n) is 18.7. The molecule has 1 spiro atoms. The third-order valence-electron chi connectivity index (χ3n) is 8.42. The van der Waals surface area contributed by atoms with Gasteiger partial charge in [0, 0.05) is 51.6 Å². The van der Waals surface area contributed by atoms with Crippen LogP contribution in [0.4, 0.5) is 5.82 Å². The van der Waals surface area contributed by atoms with Crippen molar-refractivity contribution in [3.63, 3.8) is 0 Å². The number of amides is 2. The SMILES string of the molecule is O=C1CC2(CCCC2)CC(=O)N1C[C@H]1CC[C@H]2CN(c3noc4ccccc34)CCN2C1. The molecule has 0 N–H and O–H groups in total. The lowest BCUT2D eigenvalue weighted by atomic mass is 9.76. The number of hydrogen-bond acceptors (Lipinski definition) is 6. The molecule has 0 radical (unpaired) electrons. The highest BCUT2D eigenvalue weighted by molar-refractivity contribution is 5.98. The number of anilines is 1. The molecular weight excluding hydrogens is 404 g/mol. The van der Waals surface area contributed by atoms with Crippen LogP contribution in [0, 0.1) is 11.3 Å². The second-order valence-corrected chi connectivity index (χ2v) is 10.5. The molecular formula is C25H32N4O3. The summed E-state index contributed by atoms with van der Waals surface area (Å²) in [5, 5.41) is 5.43. The molecule has 7 heteroatoms. The summed E-state index contributed by atoms with van der Waals surface area (Å²) in [5.74, 6) is 1.49. The summed E-state index contributed by atoms with van der Waals surface area (Å²) in [6.45, 7) is 4.43. The van der Waals surface area contributed by atoms with Crippen LogP contribution in [0.15, 0.2) is 28.8 Å². The van der Waals surface area contributed by atoms with Crippen molar-refractivity contribution in [3.05, 3.63) is 24.3 Å². The second-order valence-electron chi connectivity index (χ2n) is 10.5. The number of piperazine rings is 1. The molecule has 32 heavy (non-hydrogen) atoms. The third-order valence-corrected chi connectivity index (χ3v) is 8.42. The summed E-state index contributed by atoms with van der Waals surface area (Å²) < 4.78 is 5.52. The van der Waals surface area contributed by atoms with Gasteiger partial charge in [-0.1, -0.05) is 30.1 Å². The summed E-state index contributed by atoms with van der Waals surface area (Å²) in [7, 11) is 0. The van der Waals surface area contributed by atoms with E-state index in [1.165, 1.54) is 12.8 Å².